The summed E-state index contributed by atoms with van der Waals surface area (Å²) < 4.78 is 23.4. The molecule has 1 N–H and O–H groups in total. The molecule has 3 fully saturated rings. The van der Waals surface area contributed by atoms with Crippen LogP contribution in [0.25, 0.3) is 0 Å². The largest absolute Gasteiger partial charge is 0.311 e. The summed E-state index contributed by atoms with van der Waals surface area (Å²) in [5, 5.41) is 3.58. The second-order valence-corrected chi connectivity index (χ2v) is 8.03. The van der Waals surface area contributed by atoms with Gasteiger partial charge in [0.2, 0.25) is 0 Å². The summed E-state index contributed by atoms with van der Waals surface area (Å²) in [7, 11) is -2.77. The highest BCUT2D eigenvalue weighted by Crippen LogP contribution is 2.34. The second kappa shape index (κ2) is 4.52. The zero-order valence-corrected chi connectivity index (χ0v) is 11.1. The van der Waals surface area contributed by atoms with Crippen LogP contribution in [0.1, 0.15) is 25.7 Å². The van der Waals surface area contributed by atoms with Gasteiger partial charge in [0, 0.05) is 31.7 Å². The van der Waals surface area contributed by atoms with Gasteiger partial charge in [-0.2, -0.15) is 0 Å². The Morgan fingerprint density at radius 1 is 1.18 bits per heavy atom. The van der Waals surface area contributed by atoms with Crippen molar-refractivity contribution >= 4 is 9.84 Å². The molecule has 0 amide bonds. The summed E-state index contributed by atoms with van der Waals surface area (Å²) in [6.07, 6.45) is 4.63. The molecule has 5 heteroatoms. The molecule has 0 radical (unpaired) electrons. The molecule has 1 saturated carbocycles. The number of sulfone groups is 1. The van der Waals surface area contributed by atoms with Crippen molar-refractivity contribution in [3.05, 3.63) is 0 Å². The average molecular weight is 258 g/mol. The summed E-state index contributed by atoms with van der Waals surface area (Å²) >= 11 is 0. The van der Waals surface area contributed by atoms with Gasteiger partial charge >= 0.3 is 0 Å². The van der Waals surface area contributed by atoms with Gasteiger partial charge in [-0.25, -0.2) is 8.42 Å². The van der Waals surface area contributed by atoms with Crippen LogP contribution in [0.3, 0.4) is 0 Å². The van der Waals surface area contributed by atoms with Gasteiger partial charge in [0.05, 0.1) is 11.5 Å². The van der Waals surface area contributed by atoms with Crippen molar-refractivity contribution in [2.75, 3.05) is 31.1 Å². The van der Waals surface area contributed by atoms with E-state index in [0.717, 1.165) is 38.4 Å². The van der Waals surface area contributed by atoms with E-state index in [-0.39, 0.29) is 6.04 Å². The highest BCUT2D eigenvalue weighted by atomic mass is 32.2. The Balaban J connectivity index is 1.62. The first-order valence-corrected chi connectivity index (χ1v) is 8.64. The minimum atomic E-state index is -2.77. The molecule has 98 valence electrons. The average Bonchev–Trinajstić information content (AvgIpc) is 3.12. The van der Waals surface area contributed by atoms with Crippen LogP contribution in [-0.4, -0.2) is 56.5 Å². The molecule has 0 spiro atoms. The lowest BCUT2D eigenvalue weighted by molar-refractivity contribution is 0.137. The van der Waals surface area contributed by atoms with Gasteiger partial charge in [0.25, 0.3) is 0 Å². The monoisotopic (exact) mass is 258 g/mol. The molecule has 1 aliphatic carbocycles. The predicted molar refractivity (Wildman–Crippen MR) is 67.8 cm³/mol. The molecule has 0 aromatic carbocycles. The lowest BCUT2D eigenvalue weighted by Gasteiger charge is -2.40. The van der Waals surface area contributed by atoms with Crippen LogP contribution in [0.2, 0.25) is 0 Å². The molecule has 0 aromatic heterocycles. The minimum absolute atomic E-state index is 0.289. The zero-order valence-electron chi connectivity index (χ0n) is 10.3. The van der Waals surface area contributed by atoms with Crippen LogP contribution in [0.5, 0.6) is 0 Å². The van der Waals surface area contributed by atoms with Crippen molar-refractivity contribution < 1.29 is 8.42 Å². The number of piperazine rings is 1. The lowest BCUT2D eigenvalue weighted by atomic mass is 10.1. The fourth-order valence-electron chi connectivity index (χ4n) is 3.23. The molecule has 17 heavy (non-hydrogen) atoms. The molecule has 2 atom stereocenters. The van der Waals surface area contributed by atoms with E-state index in [1.54, 1.807) is 0 Å². The normalized spacial score (nSPS) is 39.1. The summed E-state index contributed by atoms with van der Waals surface area (Å²) in [5.74, 6) is 1.66. The van der Waals surface area contributed by atoms with E-state index in [0.29, 0.717) is 17.5 Å². The molecule has 3 aliphatic rings. The molecule has 0 aromatic rings. The zero-order chi connectivity index (χ0) is 11.9. The van der Waals surface area contributed by atoms with Crippen LogP contribution in [0, 0.1) is 5.92 Å². The van der Waals surface area contributed by atoms with Crippen LogP contribution in [-0.2, 0) is 9.84 Å². The van der Waals surface area contributed by atoms with Crippen LogP contribution < -0.4 is 5.32 Å². The van der Waals surface area contributed by atoms with Crippen molar-refractivity contribution in [1.82, 2.24) is 10.2 Å². The quantitative estimate of drug-likeness (QED) is 0.771. The fourth-order valence-corrected chi connectivity index (χ4v) is 4.97. The fraction of sp³-hybridized carbons (Fsp3) is 1.00. The first-order valence-electron chi connectivity index (χ1n) is 6.82. The van der Waals surface area contributed by atoms with Crippen molar-refractivity contribution in [1.29, 1.82) is 0 Å². The minimum Gasteiger partial charge on any atom is -0.311 e. The molecular weight excluding hydrogens is 236 g/mol. The van der Waals surface area contributed by atoms with Crippen molar-refractivity contribution in [2.45, 2.75) is 37.8 Å². The molecule has 3 rings (SSSR count). The van der Waals surface area contributed by atoms with E-state index in [2.05, 4.69) is 10.2 Å². The smallest absolute Gasteiger partial charge is 0.151 e. The van der Waals surface area contributed by atoms with Crippen molar-refractivity contribution in [3.8, 4) is 0 Å². The highest BCUT2D eigenvalue weighted by molar-refractivity contribution is 7.91. The third-order valence-electron chi connectivity index (χ3n) is 4.38. The Hall–Kier alpha value is -0.130. The Bertz CT molecular complexity index is 378. The van der Waals surface area contributed by atoms with Crippen molar-refractivity contribution in [2.24, 2.45) is 5.92 Å². The summed E-state index contributed by atoms with van der Waals surface area (Å²) in [6, 6.07) is 0.908. The molecule has 2 aliphatic heterocycles. The van der Waals surface area contributed by atoms with Crippen molar-refractivity contribution in [3.63, 3.8) is 0 Å². The van der Waals surface area contributed by atoms with Gasteiger partial charge < -0.3 is 5.32 Å². The van der Waals surface area contributed by atoms with Gasteiger partial charge in [-0.1, -0.05) is 0 Å². The predicted octanol–water partition coefficient (Wildman–Crippen LogP) is 0.247. The third-order valence-corrected chi connectivity index (χ3v) is 6.19. The standard InChI is InChI=1S/C12H22N2O2S/c15-17(16)7-1-2-11(9-17)14-6-5-13-12(8-14)10-3-4-10/h10-13H,1-9H2. The Morgan fingerprint density at radius 2 is 2.00 bits per heavy atom. The molecule has 2 unspecified atom stereocenters. The van der Waals surface area contributed by atoms with Gasteiger partial charge in [0.15, 0.2) is 9.84 Å². The SMILES string of the molecule is O=S1(=O)CCCC(N2CCNC(C3CC3)C2)C1. The summed E-state index contributed by atoms with van der Waals surface area (Å²) in [4.78, 5) is 2.43. The number of hydrogen-bond donors (Lipinski definition) is 1. The number of hydrogen-bond acceptors (Lipinski definition) is 4. The first kappa shape index (κ1) is 11.9. The summed E-state index contributed by atoms with van der Waals surface area (Å²) in [5.41, 5.74) is 0. The van der Waals surface area contributed by atoms with E-state index in [9.17, 15) is 8.42 Å². The molecule has 2 saturated heterocycles. The second-order valence-electron chi connectivity index (χ2n) is 5.80. The van der Waals surface area contributed by atoms with E-state index >= 15 is 0 Å². The molecule has 4 nitrogen and oxygen atoms in total. The Kier molecular flexibility index (Phi) is 3.17. The van der Waals surface area contributed by atoms with E-state index in [1.165, 1.54) is 12.8 Å². The molecular formula is C12H22N2O2S. The van der Waals surface area contributed by atoms with E-state index < -0.39 is 9.84 Å². The van der Waals surface area contributed by atoms with Gasteiger partial charge in [-0.15, -0.1) is 0 Å². The van der Waals surface area contributed by atoms with Gasteiger partial charge in [0.1, 0.15) is 0 Å². The maximum atomic E-state index is 11.7. The highest BCUT2D eigenvalue weighted by Gasteiger charge is 2.37. The maximum Gasteiger partial charge on any atom is 0.151 e. The number of nitrogens with zero attached hydrogens (tertiary/aromatic N) is 1. The number of rotatable bonds is 2. The third kappa shape index (κ3) is 2.83. The van der Waals surface area contributed by atoms with Gasteiger partial charge in [-0.3, -0.25) is 4.90 Å². The topological polar surface area (TPSA) is 49.4 Å². The van der Waals surface area contributed by atoms with Crippen LogP contribution >= 0.6 is 0 Å². The Morgan fingerprint density at radius 3 is 2.71 bits per heavy atom. The van der Waals surface area contributed by atoms with E-state index in [4.69, 9.17) is 0 Å². The van der Waals surface area contributed by atoms with Crippen LogP contribution in [0.15, 0.2) is 0 Å². The number of nitrogens with one attached hydrogen (secondary N) is 1. The maximum absolute atomic E-state index is 11.7. The lowest BCUT2D eigenvalue weighted by Crippen LogP contribution is -2.56. The van der Waals surface area contributed by atoms with Crippen LogP contribution in [0.4, 0.5) is 0 Å². The first-order chi connectivity index (χ1) is 8.14. The summed E-state index contributed by atoms with van der Waals surface area (Å²) in [6.45, 7) is 3.10. The van der Waals surface area contributed by atoms with E-state index in [1.807, 2.05) is 0 Å². The van der Waals surface area contributed by atoms with Gasteiger partial charge in [-0.05, 0) is 31.6 Å². The molecule has 2 heterocycles. The molecule has 0 bridgehead atoms. The Labute approximate surface area is 104 Å².